The second-order valence-electron chi connectivity index (χ2n) is 4.75. The number of hydrogen-bond donors (Lipinski definition) is 1. The van der Waals surface area contributed by atoms with Gasteiger partial charge in [-0.1, -0.05) is 11.6 Å². The van der Waals surface area contributed by atoms with Crippen LogP contribution in [0, 0.1) is 0 Å². The van der Waals surface area contributed by atoms with E-state index in [9.17, 15) is 5.11 Å². The highest BCUT2D eigenvalue weighted by Gasteiger charge is 2.16. The number of likely N-dealkylation sites (N-methyl/N-ethyl adjacent to an activating group) is 1. The summed E-state index contributed by atoms with van der Waals surface area (Å²) in [5, 5.41) is 10.4. The van der Waals surface area contributed by atoms with Crippen molar-refractivity contribution in [2.75, 3.05) is 13.6 Å². The number of aryl methyl sites for hydroxylation is 1. The molecule has 0 aliphatic rings. The molecule has 0 saturated carbocycles. The number of halogens is 1. The van der Waals surface area contributed by atoms with Gasteiger partial charge in [0.15, 0.2) is 0 Å². The Kier molecular flexibility index (Phi) is 3.82. The molecular weight excluding hydrogens is 212 g/mol. The predicted molar refractivity (Wildman–Crippen MR) is 63.1 cm³/mol. The molecule has 0 aliphatic heterocycles. The molecule has 1 aromatic heterocycles. The van der Waals surface area contributed by atoms with Crippen LogP contribution in [0.3, 0.4) is 0 Å². The molecule has 3 nitrogen and oxygen atoms in total. The van der Waals surface area contributed by atoms with Gasteiger partial charge in [-0.25, -0.2) is 0 Å². The molecule has 0 saturated heterocycles. The van der Waals surface area contributed by atoms with E-state index in [4.69, 9.17) is 11.6 Å². The maximum atomic E-state index is 9.67. The van der Waals surface area contributed by atoms with E-state index in [1.54, 1.807) is 0 Å². The van der Waals surface area contributed by atoms with Crippen molar-refractivity contribution in [2.45, 2.75) is 26.0 Å². The lowest BCUT2D eigenvalue weighted by Gasteiger charge is -2.25. The molecule has 0 bridgehead atoms. The van der Waals surface area contributed by atoms with E-state index in [0.717, 1.165) is 17.3 Å². The van der Waals surface area contributed by atoms with E-state index in [1.807, 2.05) is 44.8 Å². The van der Waals surface area contributed by atoms with E-state index in [0.29, 0.717) is 6.54 Å². The summed E-state index contributed by atoms with van der Waals surface area (Å²) < 4.78 is 2.00. The zero-order valence-corrected chi connectivity index (χ0v) is 10.5. The molecule has 1 heterocycles. The Morgan fingerprint density at radius 2 is 2.13 bits per heavy atom. The van der Waals surface area contributed by atoms with E-state index in [-0.39, 0.29) is 0 Å². The van der Waals surface area contributed by atoms with Crippen LogP contribution in [0.1, 0.15) is 19.5 Å². The summed E-state index contributed by atoms with van der Waals surface area (Å²) in [7, 11) is 3.96. The number of aliphatic hydroxyl groups is 1. The molecule has 0 amide bonds. The predicted octanol–water partition coefficient (Wildman–Crippen LogP) is 1.88. The highest BCUT2D eigenvalue weighted by atomic mass is 35.5. The van der Waals surface area contributed by atoms with Gasteiger partial charge in [0, 0.05) is 32.0 Å². The second-order valence-corrected chi connectivity index (χ2v) is 5.18. The van der Waals surface area contributed by atoms with Crippen molar-refractivity contribution in [1.29, 1.82) is 0 Å². The molecule has 0 atom stereocenters. The molecule has 0 spiro atoms. The summed E-state index contributed by atoms with van der Waals surface area (Å²) >= 11 is 5.89. The molecule has 0 unspecified atom stereocenters. The maximum absolute atomic E-state index is 9.67. The number of hydrogen-bond acceptors (Lipinski definition) is 2. The van der Waals surface area contributed by atoms with Crippen LogP contribution < -0.4 is 0 Å². The molecule has 0 aromatic carbocycles. The molecule has 0 fully saturated rings. The average Bonchev–Trinajstić information content (AvgIpc) is 2.25. The van der Waals surface area contributed by atoms with Crippen molar-refractivity contribution in [3.63, 3.8) is 0 Å². The quantitative estimate of drug-likeness (QED) is 0.856. The molecule has 0 aliphatic carbocycles. The van der Waals surface area contributed by atoms with Crippen molar-refractivity contribution < 1.29 is 5.11 Å². The van der Waals surface area contributed by atoms with E-state index >= 15 is 0 Å². The standard InChI is InChI=1S/C11H19ClN2O/c1-11(2,15)8-13(3)7-10-5-9(12)6-14(10)4/h5-6,15H,7-8H2,1-4H3. The Balaban J connectivity index is 2.58. The lowest BCUT2D eigenvalue weighted by Crippen LogP contribution is -2.36. The second kappa shape index (κ2) is 4.56. The number of rotatable bonds is 4. The van der Waals surface area contributed by atoms with E-state index in [1.165, 1.54) is 0 Å². The van der Waals surface area contributed by atoms with Gasteiger partial charge in [-0.2, -0.15) is 0 Å². The van der Waals surface area contributed by atoms with Gasteiger partial charge < -0.3 is 9.67 Å². The largest absolute Gasteiger partial charge is 0.389 e. The summed E-state index contributed by atoms with van der Waals surface area (Å²) in [5.41, 5.74) is 0.482. The minimum atomic E-state index is -0.663. The van der Waals surface area contributed by atoms with Crippen molar-refractivity contribution >= 4 is 11.6 Å². The van der Waals surface area contributed by atoms with Crippen LogP contribution >= 0.6 is 11.6 Å². The summed E-state index contributed by atoms with van der Waals surface area (Å²) in [5.74, 6) is 0. The van der Waals surface area contributed by atoms with Crippen molar-refractivity contribution in [1.82, 2.24) is 9.47 Å². The van der Waals surface area contributed by atoms with Crippen LogP contribution in [0.5, 0.6) is 0 Å². The van der Waals surface area contributed by atoms with Crippen LogP contribution in [0.4, 0.5) is 0 Å². The Labute approximate surface area is 96.3 Å². The molecule has 15 heavy (non-hydrogen) atoms. The van der Waals surface area contributed by atoms with Gasteiger partial charge in [0.2, 0.25) is 0 Å². The third-order valence-electron chi connectivity index (χ3n) is 2.16. The third-order valence-corrected chi connectivity index (χ3v) is 2.37. The first-order valence-corrected chi connectivity index (χ1v) is 5.37. The average molecular weight is 231 g/mol. The smallest absolute Gasteiger partial charge is 0.0718 e. The molecular formula is C11H19ClN2O. The molecule has 1 aromatic rings. The minimum absolute atomic E-state index is 0.635. The lowest BCUT2D eigenvalue weighted by molar-refractivity contribution is 0.0419. The first kappa shape index (κ1) is 12.6. The van der Waals surface area contributed by atoms with Crippen LogP contribution in [-0.2, 0) is 13.6 Å². The van der Waals surface area contributed by atoms with Crippen LogP contribution in [0.2, 0.25) is 5.02 Å². The fourth-order valence-corrected chi connectivity index (χ4v) is 1.99. The minimum Gasteiger partial charge on any atom is -0.389 e. The normalized spacial score (nSPS) is 12.5. The fourth-order valence-electron chi connectivity index (χ4n) is 1.72. The van der Waals surface area contributed by atoms with Crippen LogP contribution in [0.15, 0.2) is 12.3 Å². The van der Waals surface area contributed by atoms with Crippen molar-refractivity contribution in [2.24, 2.45) is 7.05 Å². The highest BCUT2D eigenvalue weighted by Crippen LogP contribution is 2.15. The first-order chi connectivity index (χ1) is 6.78. The van der Waals surface area contributed by atoms with Gasteiger partial charge in [-0.05, 0) is 27.0 Å². The van der Waals surface area contributed by atoms with Crippen LogP contribution in [-0.4, -0.2) is 33.8 Å². The SMILES string of the molecule is CN(Cc1cc(Cl)cn1C)CC(C)(C)O. The molecule has 86 valence electrons. The highest BCUT2D eigenvalue weighted by molar-refractivity contribution is 6.30. The summed E-state index contributed by atoms with van der Waals surface area (Å²) in [6.45, 7) is 5.03. The van der Waals surface area contributed by atoms with Crippen molar-refractivity contribution in [3.05, 3.63) is 23.0 Å². The van der Waals surface area contributed by atoms with Gasteiger partial charge in [0.05, 0.1) is 10.6 Å². The van der Waals surface area contributed by atoms with Gasteiger partial charge in [-0.3, -0.25) is 4.90 Å². The zero-order valence-electron chi connectivity index (χ0n) is 9.79. The Morgan fingerprint density at radius 3 is 2.53 bits per heavy atom. The van der Waals surface area contributed by atoms with Crippen molar-refractivity contribution in [3.8, 4) is 0 Å². The molecule has 0 radical (unpaired) electrons. The fraction of sp³-hybridized carbons (Fsp3) is 0.636. The molecule has 1 N–H and O–H groups in total. The number of aromatic nitrogens is 1. The zero-order chi connectivity index (χ0) is 11.6. The van der Waals surface area contributed by atoms with Gasteiger partial charge in [0.1, 0.15) is 0 Å². The Hall–Kier alpha value is -0.510. The van der Waals surface area contributed by atoms with E-state index < -0.39 is 5.60 Å². The topological polar surface area (TPSA) is 28.4 Å². The monoisotopic (exact) mass is 230 g/mol. The molecule has 4 heteroatoms. The summed E-state index contributed by atoms with van der Waals surface area (Å²) in [6.07, 6.45) is 1.88. The molecule has 1 rings (SSSR count). The lowest BCUT2D eigenvalue weighted by atomic mass is 10.1. The number of nitrogens with zero attached hydrogens (tertiary/aromatic N) is 2. The Bertz CT molecular complexity index is 328. The summed E-state index contributed by atoms with van der Waals surface area (Å²) in [6, 6.07) is 1.95. The maximum Gasteiger partial charge on any atom is 0.0718 e. The van der Waals surface area contributed by atoms with E-state index in [2.05, 4.69) is 4.90 Å². The van der Waals surface area contributed by atoms with Gasteiger partial charge >= 0.3 is 0 Å². The third kappa shape index (κ3) is 4.24. The van der Waals surface area contributed by atoms with Gasteiger partial charge in [0.25, 0.3) is 0 Å². The van der Waals surface area contributed by atoms with Crippen LogP contribution in [0.25, 0.3) is 0 Å². The summed E-state index contributed by atoms with van der Waals surface area (Å²) in [4.78, 5) is 2.08. The Morgan fingerprint density at radius 1 is 1.53 bits per heavy atom. The van der Waals surface area contributed by atoms with Gasteiger partial charge in [-0.15, -0.1) is 0 Å². The first-order valence-electron chi connectivity index (χ1n) is 4.99.